The number of nitrogen functional groups attached to an aromatic ring is 1. The van der Waals surface area contributed by atoms with Crippen molar-refractivity contribution >= 4 is 43.1 Å². The summed E-state index contributed by atoms with van der Waals surface area (Å²) in [5.74, 6) is -4.45. The molecular formula is C33H32F7N7OS. The van der Waals surface area contributed by atoms with Crippen molar-refractivity contribution in [2.24, 2.45) is 11.3 Å². The molecule has 3 N–H and O–H groups in total. The maximum Gasteiger partial charge on any atom is 0.417 e. The number of rotatable bonds is 6. The molecule has 0 aliphatic carbocycles. The first-order valence-electron chi connectivity index (χ1n) is 17.9. The lowest BCUT2D eigenvalue weighted by atomic mass is 9.73. The zero-order chi connectivity index (χ0) is 39.3. The molecular weight excluding hydrogens is 675 g/mol. The minimum Gasteiger partial charge on any atom is -0.463 e. The molecule has 3 aliphatic rings. The van der Waals surface area contributed by atoms with Gasteiger partial charge in [-0.25, -0.2) is 17.6 Å². The zero-order valence-electron chi connectivity index (χ0n) is 30.8. The Morgan fingerprint density at radius 3 is 2.61 bits per heavy atom. The van der Waals surface area contributed by atoms with E-state index in [1.54, 1.807) is 11.0 Å². The summed E-state index contributed by atoms with van der Waals surface area (Å²) in [6.07, 6.45) is -7.29. The molecule has 3 aliphatic heterocycles. The molecule has 4 aromatic rings. The highest BCUT2D eigenvalue weighted by Gasteiger charge is 2.45. The second kappa shape index (κ2) is 12.1. The van der Waals surface area contributed by atoms with Crippen LogP contribution in [0.4, 0.5) is 41.6 Å². The number of aromatic nitrogens is 2. The Balaban J connectivity index is 1.47. The molecule has 0 spiro atoms. The van der Waals surface area contributed by atoms with E-state index in [2.05, 4.69) is 15.3 Å². The number of nitriles is 1. The van der Waals surface area contributed by atoms with Crippen molar-refractivity contribution in [3.8, 4) is 23.2 Å². The molecule has 0 amide bonds. The van der Waals surface area contributed by atoms with Crippen LogP contribution in [0.25, 0.3) is 32.1 Å². The number of hydrogen-bond acceptors (Lipinski definition) is 9. The van der Waals surface area contributed by atoms with Crippen LogP contribution in [0.1, 0.15) is 44.2 Å². The lowest BCUT2D eigenvalue weighted by molar-refractivity contribution is -0.137. The van der Waals surface area contributed by atoms with Crippen molar-refractivity contribution in [1.82, 2.24) is 20.2 Å². The SMILES string of the molecule is [2H]C([2H])([2H])N1CC[C@H](C(F)F)[C@](C)(C([2H])([2H])Oc2nc(N3C[C@H]4CC[C@@H](C3)N4)c3cc(C(F)(F)F)c(-c4ccc(F)c5sc(N)c(C#N)c45)c(F)c3n2)C1. The van der Waals surface area contributed by atoms with Gasteiger partial charge in [-0.3, -0.25) is 0 Å². The Morgan fingerprint density at radius 1 is 1.22 bits per heavy atom. The lowest BCUT2D eigenvalue weighted by Crippen LogP contribution is -2.51. The number of fused-ring (bicyclic) bond motifs is 4. The maximum absolute atomic E-state index is 17.2. The van der Waals surface area contributed by atoms with E-state index in [-0.39, 0.29) is 58.2 Å². The van der Waals surface area contributed by atoms with E-state index < -0.39 is 95.7 Å². The Bertz CT molecular complexity index is 2190. The average Bonchev–Trinajstić information content (AvgIpc) is 3.60. The Morgan fingerprint density at radius 2 is 1.96 bits per heavy atom. The van der Waals surface area contributed by atoms with E-state index in [9.17, 15) is 18.4 Å². The standard InChI is InChI=1S/C33H32F7N7OS/c1-32(13-46(2)8-7-20(32)28(36)37)14-48-31-44-26-18(30(45-31)47-11-15-3-4-16(12-47)43-15)9-21(33(38,39)40)24(25(26)35)17-5-6-22(34)27-23(17)19(10-41)29(42)49-27/h5-6,9,15-16,20,28,43H,3-4,7-8,11-14,42H2,1-2H3/t15-,16+,20-,32+/m1/s1/i2D3,14D2. The number of thiophene rings is 1. The topological polar surface area (TPSA) is 103 Å². The van der Waals surface area contributed by atoms with Crippen LogP contribution >= 0.6 is 11.3 Å². The molecule has 2 bridgehead atoms. The second-order valence-electron chi connectivity index (χ2n) is 12.9. The van der Waals surface area contributed by atoms with E-state index in [0.717, 1.165) is 36.8 Å². The van der Waals surface area contributed by atoms with Gasteiger partial charge in [0.25, 0.3) is 0 Å². The zero-order valence-corrected chi connectivity index (χ0v) is 26.6. The smallest absolute Gasteiger partial charge is 0.417 e. The highest BCUT2D eigenvalue weighted by Crippen LogP contribution is 2.48. The monoisotopic (exact) mass is 712 g/mol. The summed E-state index contributed by atoms with van der Waals surface area (Å²) in [6, 6.07) is 2.96. The third-order valence-electron chi connectivity index (χ3n) is 9.64. The van der Waals surface area contributed by atoms with Crippen LogP contribution in [0.2, 0.25) is 0 Å². The Hall–Kier alpha value is -3.94. The van der Waals surface area contributed by atoms with Gasteiger partial charge >= 0.3 is 12.2 Å². The minimum absolute atomic E-state index is 0.115. The van der Waals surface area contributed by atoms with E-state index >= 15 is 17.6 Å². The highest BCUT2D eigenvalue weighted by molar-refractivity contribution is 7.23. The normalized spacial score (nSPS) is 26.7. The summed E-state index contributed by atoms with van der Waals surface area (Å²) >= 11 is 0.599. The first-order valence-corrected chi connectivity index (χ1v) is 16.2. The summed E-state index contributed by atoms with van der Waals surface area (Å²) in [4.78, 5) is 10.8. The molecule has 3 saturated heterocycles. The van der Waals surface area contributed by atoms with Gasteiger partial charge in [0.2, 0.25) is 6.43 Å². The molecule has 2 aromatic carbocycles. The van der Waals surface area contributed by atoms with Gasteiger partial charge in [-0.2, -0.15) is 28.4 Å². The molecule has 0 saturated carbocycles. The lowest BCUT2D eigenvalue weighted by Gasteiger charge is -2.44. The van der Waals surface area contributed by atoms with Gasteiger partial charge in [0, 0.05) is 63.5 Å². The van der Waals surface area contributed by atoms with Crippen LogP contribution in [0.5, 0.6) is 6.01 Å². The summed E-state index contributed by atoms with van der Waals surface area (Å²) in [6.45, 7) is -5.38. The number of hydrogen-bond donors (Lipinski definition) is 2. The van der Waals surface area contributed by atoms with Crippen LogP contribution in [0, 0.1) is 34.3 Å². The summed E-state index contributed by atoms with van der Waals surface area (Å²) in [7, 11) is 0. The number of piperazine rings is 1. The molecule has 5 heterocycles. The van der Waals surface area contributed by atoms with E-state index in [4.69, 9.17) is 17.3 Å². The van der Waals surface area contributed by atoms with E-state index in [1.165, 1.54) is 0 Å². The summed E-state index contributed by atoms with van der Waals surface area (Å²) < 4.78 is 153. The predicted molar refractivity (Wildman–Crippen MR) is 172 cm³/mol. The van der Waals surface area contributed by atoms with Gasteiger partial charge < -0.3 is 25.6 Å². The molecule has 4 atom stereocenters. The molecule has 49 heavy (non-hydrogen) atoms. The predicted octanol–water partition coefficient (Wildman–Crippen LogP) is 6.80. The van der Waals surface area contributed by atoms with Crippen molar-refractivity contribution in [2.45, 2.75) is 50.9 Å². The van der Waals surface area contributed by atoms with Crippen molar-refractivity contribution < 1.29 is 42.3 Å². The number of nitrogens with zero attached hydrogens (tertiary/aromatic N) is 5. The number of nitrogens with one attached hydrogen (secondary N) is 1. The third kappa shape index (κ3) is 5.79. The molecule has 0 unspecified atom stereocenters. The number of nitrogens with two attached hydrogens (primary N) is 1. The number of anilines is 2. The Labute approximate surface area is 287 Å². The quantitative estimate of drug-likeness (QED) is 0.211. The van der Waals surface area contributed by atoms with Crippen molar-refractivity contribution in [2.75, 3.05) is 50.3 Å². The largest absolute Gasteiger partial charge is 0.463 e. The van der Waals surface area contributed by atoms with Crippen LogP contribution < -0.4 is 20.7 Å². The van der Waals surface area contributed by atoms with E-state index in [0.29, 0.717) is 17.4 Å². The Kier molecular flexibility index (Phi) is 6.89. The number of piperidine rings is 1. The fraction of sp³-hybridized carbons (Fsp3) is 0.485. The third-order valence-corrected chi connectivity index (χ3v) is 10.7. The van der Waals surface area contributed by atoms with Crippen LogP contribution in [0.15, 0.2) is 18.2 Å². The van der Waals surface area contributed by atoms with Crippen molar-refractivity contribution in [3.63, 3.8) is 0 Å². The van der Waals surface area contributed by atoms with Crippen molar-refractivity contribution in [3.05, 3.63) is 41.0 Å². The number of halogens is 7. The van der Waals surface area contributed by atoms with E-state index in [1.807, 2.05) is 0 Å². The summed E-state index contributed by atoms with van der Waals surface area (Å²) in [5.41, 5.74) is -0.529. The molecule has 0 radical (unpaired) electrons. The van der Waals surface area contributed by atoms with Crippen LogP contribution in [-0.4, -0.2) is 73.1 Å². The van der Waals surface area contributed by atoms with Gasteiger partial charge in [0.15, 0.2) is 5.82 Å². The van der Waals surface area contributed by atoms with Gasteiger partial charge in [0.05, 0.1) is 25.1 Å². The molecule has 260 valence electrons. The number of benzene rings is 2. The molecule has 2 aromatic heterocycles. The second-order valence-corrected chi connectivity index (χ2v) is 14.0. The number of ether oxygens (including phenoxy) is 1. The maximum atomic E-state index is 17.2. The van der Waals surface area contributed by atoms with Gasteiger partial charge in [-0.15, -0.1) is 11.3 Å². The fourth-order valence-corrected chi connectivity index (χ4v) is 8.27. The summed E-state index contributed by atoms with van der Waals surface area (Å²) in [5, 5.41) is 12.2. The molecule has 3 fully saturated rings. The first-order chi connectivity index (χ1) is 25.1. The molecule has 7 rings (SSSR count). The van der Waals surface area contributed by atoms with Gasteiger partial charge in [0.1, 0.15) is 28.2 Å². The van der Waals surface area contributed by atoms with Crippen LogP contribution in [-0.2, 0) is 6.18 Å². The van der Waals surface area contributed by atoms with Crippen molar-refractivity contribution in [1.29, 1.82) is 5.26 Å². The first kappa shape index (κ1) is 27.8. The van der Waals surface area contributed by atoms with Gasteiger partial charge in [-0.1, -0.05) is 13.0 Å². The molecule has 16 heteroatoms. The van der Waals surface area contributed by atoms with Crippen LogP contribution in [0.3, 0.4) is 0 Å². The fourth-order valence-electron chi connectivity index (χ4n) is 7.32. The van der Waals surface area contributed by atoms with Gasteiger partial charge in [-0.05, 0) is 50.5 Å². The number of alkyl halides is 5. The number of likely N-dealkylation sites (tertiary alicyclic amines) is 1. The highest BCUT2D eigenvalue weighted by atomic mass is 32.1. The minimum atomic E-state index is -5.22. The average molecular weight is 713 g/mol. The molecule has 8 nitrogen and oxygen atoms in total.